The third kappa shape index (κ3) is 4.67. The summed E-state index contributed by atoms with van der Waals surface area (Å²) in [5.74, 6) is 0.233. The van der Waals surface area contributed by atoms with E-state index in [1.807, 2.05) is 54.6 Å². The first-order valence-corrected chi connectivity index (χ1v) is 10.6. The highest BCUT2D eigenvalue weighted by atomic mass is 16.5. The van der Waals surface area contributed by atoms with Gasteiger partial charge in [-0.25, -0.2) is 0 Å². The summed E-state index contributed by atoms with van der Waals surface area (Å²) in [5.41, 5.74) is 16.8. The van der Waals surface area contributed by atoms with Crippen molar-refractivity contribution in [1.82, 2.24) is 0 Å². The molecule has 5 N–H and O–H groups in total. The zero-order valence-corrected chi connectivity index (χ0v) is 18.3. The predicted octanol–water partition coefficient (Wildman–Crippen LogP) is 4.65. The third-order valence-corrected chi connectivity index (χ3v) is 5.30. The monoisotopic (exact) mass is 443 g/mol. The number of nitrogen functional groups attached to an aromatic ring is 2. The first-order chi connectivity index (χ1) is 16.0. The number of nitrogens with two attached hydrogens (primary N) is 2. The average Bonchev–Trinajstić information content (AvgIpc) is 3.27. The van der Waals surface area contributed by atoms with Crippen molar-refractivity contribution in [2.75, 3.05) is 12.3 Å². The Morgan fingerprint density at radius 2 is 1.88 bits per heavy atom. The molecule has 0 unspecified atom stereocenters. The highest BCUT2D eigenvalue weighted by Crippen LogP contribution is 2.36. The number of hydrogen-bond acceptors (Lipinski definition) is 6. The van der Waals surface area contributed by atoms with Gasteiger partial charge < -0.3 is 25.4 Å². The van der Waals surface area contributed by atoms with E-state index in [1.165, 1.54) is 0 Å². The number of fused-ring (bicyclic) bond motifs is 1. The van der Waals surface area contributed by atoms with E-state index < -0.39 is 0 Å². The number of anilines is 1. The number of esters is 1. The molecule has 0 aliphatic rings. The fourth-order valence-electron chi connectivity index (χ4n) is 3.78. The van der Waals surface area contributed by atoms with Gasteiger partial charge in [-0.15, -0.1) is 0 Å². The van der Waals surface area contributed by atoms with Crippen LogP contribution in [0.2, 0.25) is 0 Å². The summed E-state index contributed by atoms with van der Waals surface area (Å²) in [6, 6.07) is 18.6. The lowest BCUT2D eigenvalue weighted by Gasteiger charge is -2.14. The number of rotatable bonds is 8. The number of carbonyl (C=O) groups is 1. The highest BCUT2D eigenvalue weighted by molar-refractivity contribution is 6.05. The lowest BCUT2D eigenvalue weighted by atomic mass is 9.96. The number of furan rings is 1. The number of ether oxygens (including phenoxy) is 2. The highest BCUT2D eigenvalue weighted by Gasteiger charge is 2.16. The van der Waals surface area contributed by atoms with Crippen molar-refractivity contribution in [3.8, 4) is 16.9 Å². The van der Waals surface area contributed by atoms with Crippen molar-refractivity contribution < 1.29 is 18.7 Å². The van der Waals surface area contributed by atoms with Crippen LogP contribution in [0.1, 0.15) is 23.6 Å². The molecule has 0 spiro atoms. The van der Waals surface area contributed by atoms with Crippen molar-refractivity contribution >= 4 is 28.5 Å². The maximum absolute atomic E-state index is 11.9. The second kappa shape index (κ2) is 9.48. The lowest BCUT2D eigenvalue weighted by molar-refractivity contribution is -0.142. The van der Waals surface area contributed by atoms with E-state index in [2.05, 4.69) is 0 Å². The van der Waals surface area contributed by atoms with Crippen molar-refractivity contribution in [2.24, 2.45) is 5.73 Å². The normalized spacial score (nSPS) is 10.8. The maximum Gasteiger partial charge on any atom is 0.310 e. The average molecular weight is 444 g/mol. The van der Waals surface area contributed by atoms with Gasteiger partial charge in [-0.2, -0.15) is 0 Å². The molecule has 33 heavy (non-hydrogen) atoms. The molecule has 0 radical (unpaired) electrons. The molecule has 7 heteroatoms. The Morgan fingerprint density at radius 3 is 2.67 bits per heavy atom. The van der Waals surface area contributed by atoms with Gasteiger partial charge in [0.2, 0.25) is 0 Å². The summed E-state index contributed by atoms with van der Waals surface area (Å²) in [6.45, 7) is 2.40. The number of para-hydroxylation sites is 2. The molecule has 0 bridgehead atoms. The zero-order valence-electron chi connectivity index (χ0n) is 18.3. The van der Waals surface area contributed by atoms with Crippen molar-refractivity contribution in [2.45, 2.75) is 20.0 Å². The molecular weight excluding hydrogens is 418 g/mol. The minimum absolute atomic E-state index is 0.0947. The van der Waals surface area contributed by atoms with Gasteiger partial charge in [-0.1, -0.05) is 30.3 Å². The molecule has 0 fully saturated rings. The molecule has 4 rings (SSSR count). The van der Waals surface area contributed by atoms with Crippen LogP contribution in [0.15, 0.2) is 71.3 Å². The standard InChI is InChI=1S/C26H25N3O4/c1-2-31-23(30)14-17-6-3-4-9-22(17)33-15-16-12-18-10-11-32-25(18)21(13-16)19-7-5-8-20(24(19)27)26(28)29/h3-13H,2,14-15,27H2,1H3,(H3,28,29). The van der Waals surface area contributed by atoms with Gasteiger partial charge in [-0.05, 0) is 42.8 Å². The number of hydrogen-bond donors (Lipinski definition) is 3. The van der Waals surface area contributed by atoms with Crippen LogP contribution in [0.25, 0.3) is 22.1 Å². The first-order valence-electron chi connectivity index (χ1n) is 10.6. The molecule has 1 heterocycles. The number of nitrogens with one attached hydrogen (secondary N) is 1. The summed E-state index contributed by atoms with van der Waals surface area (Å²) >= 11 is 0. The largest absolute Gasteiger partial charge is 0.489 e. The topological polar surface area (TPSA) is 125 Å². The third-order valence-electron chi connectivity index (χ3n) is 5.30. The molecule has 7 nitrogen and oxygen atoms in total. The van der Waals surface area contributed by atoms with Crippen LogP contribution in [0.5, 0.6) is 5.75 Å². The Kier molecular flexibility index (Phi) is 6.31. The minimum Gasteiger partial charge on any atom is -0.489 e. The predicted molar refractivity (Wildman–Crippen MR) is 128 cm³/mol. The smallest absolute Gasteiger partial charge is 0.310 e. The van der Waals surface area contributed by atoms with Crippen LogP contribution >= 0.6 is 0 Å². The Balaban J connectivity index is 1.66. The van der Waals surface area contributed by atoms with Crippen LogP contribution in [-0.4, -0.2) is 18.4 Å². The quantitative estimate of drug-likeness (QED) is 0.158. The van der Waals surface area contributed by atoms with E-state index in [-0.39, 0.29) is 24.8 Å². The second-order valence-corrected chi connectivity index (χ2v) is 7.54. The summed E-state index contributed by atoms with van der Waals surface area (Å²) in [5, 5.41) is 8.69. The number of benzene rings is 3. The molecule has 0 aliphatic heterocycles. The molecule has 0 atom stereocenters. The lowest BCUT2D eigenvalue weighted by Crippen LogP contribution is -2.14. The Bertz CT molecular complexity index is 1330. The maximum atomic E-state index is 11.9. The van der Waals surface area contributed by atoms with Crippen LogP contribution < -0.4 is 16.2 Å². The van der Waals surface area contributed by atoms with Gasteiger partial charge in [0, 0.05) is 27.6 Å². The minimum atomic E-state index is -0.295. The van der Waals surface area contributed by atoms with Gasteiger partial charge >= 0.3 is 5.97 Å². The summed E-state index contributed by atoms with van der Waals surface area (Å²) in [6.07, 6.45) is 1.77. The van der Waals surface area contributed by atoms with E-state index in [1.54, 1.807) is 19.3 Å². The Hall–Kier alpha value is -4.26. The molecule has 168 valence electrons. The Labute approximate surface area is 191 Å². The van der Waals surface area contributed by atoms with Crippen LogP contribution in [0.4, 0.5) is 5.69 Å². The van der Waals surface area contributed by atoms with Crippen molar-refractivity contribution in [1.29, 1.82) is 5.41 Å². The summed E-state index contributed by atoms with van der Waals surface area (Å²) < 4.78 is 16.9. The van der Waals surface area contributed by atoms with E-state index in [4.69, 9.17) is 30.8 Å². The van der Waals surface area contributed by atoms with E-state index in [0.717, 1.165) is 27.6 Å². The number of carbonyl (C=O) groups excluding carboxylic acids is 1. The molecule has 1 aromatic heterocycles. The van der Waals surface area contributed by atoms with Gasteiger partial charge in [0.25, 0.3) is 0 Å². The second-order valence-electron chi connectivity index (χ2n) is 7.54. The molecule has 0 saturated heterocycles. The van der Waals surface area contributed by atoms with Gasteiger partial charge in [-0.3, -0.25) is 10.2 Å². The van der Waals surface area contributed by atoms with Gasteiger partial charge in [0.05, 0.1) is 25.0 Å². The van der Waals surface area contributed by atoms with E-state index in [0.29, 0.717) is 29.2 Å². The fraction of sp³-hybridized carbons (Fsp3) is 0.154. The van der Waals surface area contributed by atoms with Crippen LogP contribution in [0.3, 0.4) is 0 Å². The zero-order chi connectivity index (χ0) is 23.4. The van der Waals surface area contributed by atoms with E-state index >= 15 is 0 Å². The molecule has 0 saturated carbocycles. The van der Waals surface area contributed by atoms with E-state index in [9.17, 15) is 4.79 Å². The first kappa shape index (κ1) is 22.0. The van der Waals surface area contributed by atoms with Crippen LogP contribution in [0, 0.1) is 5.41 Å². The molecule has 0 amide bonds. The molecule has 4 aromatic rings. The SMILES string of the molecule is CCOC(=O)Cc1ccccc1OCc1cc(-c2cccc(C(=N)N)c2N)c2occc2c1. The summed E-state index contributed by atoms with van der Waals surface area (Å²) in [7, 11) is 0. The van der Waals surface area contributed by atoms with Crippen LogP contribution in [-0.2, 0) is 22.6 Å². The van der Waals surface area contributed by atoms with Gasteiger partial charge in [0.1, 0.15) is 23.8 Å². The van der Waals surface area contributed by atoms with Crippen molar-refractivity contribution in [3.63, 3.8) is 0 Å². The molecular formula is C26H25N3O4. The Morgan fingerprint density at radius 1 is 1.06 bits per heavy atom. The fourth-order valence-corrected chi connectivity index (χ4v) is 3.78. The van der Waals surface area contributed by atoms with Crippen molar-refractivity contribution in [3.05, 3.63) is 83.6 Å². The number of amidine groups is 1. The van der Waals surface area contributed by atoms with Gasteiger partial charge in [0.15, 0.2) is 0 Å². The molecule has 3 aromatic carbocycles. The summed E-state index contributed by atoms with van der Waals surface area (Å²) in [4.78, 5) is 11.9. The molecule has 0 aliphatic carbocycles.